The van der Waals surface area contributed by atoms with E-state index in [-0.39, 0.29) is 51.0 Å². The smallest absolute Gasteiger partial charge is 1.00 e. The average molecular weight is 604 g/mol. The van der Waals surface area contributed by atoms with E-state index in [4.69, 9.17) is 0 Å². The van der Waals surface area contributed by atoms with Gasteiger partial charge < -0.3 is 24.8 Å². The fourth-order valence-corrected chi connectivity index (χ4v) is 10.0. The molecule has 0 spiro atoms. The summed E-state index contributed by atoms with van der Waals surface area (Å²) in [4.78, 5) is 0. The average Bonchev–Trinajstić information content (AvgIpc) is 3.43. The van der Waals surface area contributed by atoms with Crippen LogP contribution in [0.25, 0.3) is 32.3 Å². The van der Waals surface area contributed by atoms with Crippen molar-refractivity contribution in [2.24, 2.45) is 0 Å². The van der Waals surface area contributed by atoms with Crippen molar-refractivity contribution >= 4 is 59.9 Å². The number of hydrogen-bond donors (Lipinski definition) is 0. The molecule has 0 saturated carbocycles. The van der Waals surface area contributed by atoms with Gasteiger partial charge in [0.15, 0.2) is 0 Å². The molecule has 1 aliphatic carbocycles. The molecule has 5 aromatic carbocycles. The molecule has 0 aliphatic heterocycles. The predicted octanol–water partition coefficient (Wildman–Crippen LogP) is 0.780. The van der Waals surface area contributed by atoms with Gasteiger partial charge in [-0.3, -0.25) is 0 Å². The van der Waals surface area contributed by atoms with E-state index < -0.39 is 8.07 Å². The molecule has 171 valence electrons. The minimum absolute atomic E-state index is 0. The molecule has 1 radical (unpaired) electrons. The summed E-state index contributed by atoms with van der Waals surface area (Å²) in [5.41, 5.74) is 2.73. The molecule has 0 unspecified atom stereocenters. The van der Waals surface area contributed by atoms with Crippen molar-refractivity contribution in [3.63, 3.8) is 0 Å². The van der Waals surface area contributed by atoms with Crippen LogP contribution in [-0.2, 0) is 26.2 Å². The number of halogens is 2. The van der Waals surface area contributed by atoms with Crippen LogP contribution < -0.4 is 30.0 Å². The van der Waals surface area contributed by atoms with Crippen molar-refractivity contribution < 1.29 is 51.0 Å². The van der Waals surface area contributed by atoms with E-state index in [1.807, 2.05) is 0 Å². The molecule has 0 amide bonds. The number of rotatable bonds is 3. The first kappa shape index (κ1) is 28.1. The first-order valence-electron chi connectivity index (χ1n) is 11.4. The molecule has 35 heavy (non-hydrogen) atoms. The molecular formula is C30H25Cl2Si2Zr. The summed E-state index contributed by atoms with van der Waals surface area (Å²) >= 11 is 0. The molecule has 0 nitrogen and oxygen atoms in total. The Labute approximate surface area is 242 Å². The van der Waals surface area contributed by atoms with Gasteiger partial charge in [0.05, 0.1) is 8.07 Å². The zero-order valence-electron chi connectivity index (χ0n) is 20.0. The maximum Gasteiger partial charge on any atom is 4.00 e. The van der Waals surface area contributed by atoms with Crippen molar-refractivity contribution in [3.8, 4) is 0 Å². The molecule has 0 atom stereocenters. The maximum absolute atomic E-state index is 3.93. The van der Waals surface area contributed by atoms with Gasteiger partial charge in [0.1, 0.15) is 0 Å². The standard InChI is InChI=1S/C30H25Si2.2ClH.Zr/c1-4-31-30-28(18-23-16-14-21-10-6-8-12-26(21)29(23)30)32(2,3)24-17-22-15-13-20-9-5-7-11-25(20)27(22)19-24;;;/h5-17,19H,4H2,1-3H3;2*1H;/q-2;;;+4/p-2. The van der Waals surface area contributed by atoms with E-state index in [0.717, 1.165) is 9.13 Å². The third-order valence-electron chi connectivity index (χ3n) is 7.00. The zero-order valence-corrected chi connectivity index (χ0v) is 26.0. The van der Waals surface area contributed by atoms with Crippen LogP contribution in [0.15, 0.2) is 90.1 Å². The van der Waals surface area contributed by atoms with Crippen molar-refractivity contribution in [1.82, 2.24) is 0 Å². The molecule has 0 saturated heterocycles. The third-order valence-corrected chi connectivity index (χ3v) is 11.8. The van der Waals surface area contributed by atoms with Crippen molar-refractivity contribution in [3.05, 3.63) is 107 Å². The fourth-order valence-electron chi connectivity index (χ4n) is 5.26. The minimum atomic E-state index is -1.93. The second-order valence-corrected chi connectivity index (χ2v) is 15.2. The van der Waals surface area contributed by atoms with Gasteiger partial charge in [-0.1, -0.05) is 97.5 Å². The SMILES string of the molecule is CC[Si]=C1C([Si](C)(C)c2cc3c(ccc4ccccc43)[cH-]2)=[C-]c2ccc3ccccc3c21.[Cl-].[Cl-].[Zr+4]. The van der Waals surface area contributed by atoms with Crippen LogP contribution in [0.3, 0.4) is 0 Å². The van der Waals surface area contributed by atoms with Crippen LogP contribution >= 0.6 is 0 Å². The Balaban J connectivity index is 0.00000114. The summed E-state index contributed by atoms with van der Waals surface area (Å²) in [6.45, 7) is 7.34. The summed E-state index contributed by atoms with van der Waals surface area (Å²) < 4.78 is 0. The van der Waals surface area contributed by atoms with E-state index in [1.54, 1.807) is 5.17 Å². The molecule has 0 fully saturated rings. The van der Waals surface area contributed by atoms with Crippen LogP contribution in [0.4, 0.5) is 0 Å². The Kier molecular flexibility index (Phi) is 8.72. The van der Waals surface area contributed by atoms with Crippen LogP contribution in [0.2, 0.25) is 19.1 Å². The summed E-state index contributed by atoms with van der Waals surface area (Å²) in [7, 11) is -1.10. The third kappa shape index (κ3) is 4.56. The van der Waals surface area contributed by atoms with Crippen molar-refractivity contribution in [1.29, 1.82) is 0 Å². The second-order valence-electron chi connectivity index (χ2n) is 9.27. The van der Waals surface area contributed by atoms with Gasteiger partial charge in [0.2, 0.25) is 0 Å². The van der Waals surface area contributed by atoms with E-state index >= 15 is 0 Å². The summed E-state index contributed by atoms with van der Waals surface area (Å²) in [6, 6.07) is 32.8. The normalized spacial score (nSPS) is 13.8. The fraction of sp³-hybridized carbons (Fsp3) is 0.133. The molecule has 0 heterocycles. The van der Waals surface area contributed by atoms with E-state index in [1.165, 1.54) is 59.9 Å². The van der Waals surface area contributed by atoms with Gasteiger partial charge in [-0.25, -0.2) is 0 Å². The van der Waals surface area contributed by atoms with Gasteiger partial charge in [0, 0.05) is 0 Å². The van der Waals surface area contributed by atoms with Gasteiger partial charge in [-0.2, -0.15) is 11.6 Å². The topological polar surface area (TPSA) is 0 Å². The minimum Gasteiger partial charge on any atom is -1.00 e. The molecule has 0 aromatic heterocycles. The maximum atomic E-state index is 3.93. The van der Waals surface area contributed by atoms with E-state index in [9.17, 15) is 0 Å². The van der Waals surface area contributed by atoms with Gasteiger partial charge in [-0.15, -0.1) is 56.2 Å². The summed E-state index contributed by atoms with van der Waals surface area (Å²) in [6.07, 6.45) is 3.93. The Hall–Kier alpha value is -1.48. The molecule has 5 heteroatoms. The summed E-state index contributed by atoms with van der Waals surface area (Å²) in [5.74, 6) is 0. The Morgan fingerprint density at radius 2 is 1.43 bits per heavy atom. The van der Waals surface area contributed by atoms with Gasteiger partial charge in [0.25, 0.3) is 0 Å². The Bertz CT molecular complexity index is 1590. The van der Waals surface area contributed by atoms with Gasteiger partial charge in [-0.05, 0) is 19.9 Å². The molecule has 0 N–H and O–H groups in total. The monoisotopic (exact) mass is 601 g/mol. The van der Waals surface area contributed by atoms with Crippen LogP contribution in [0.1, 0.15) is 18.1 Å². The van der Waals surface area contributed by atoms with Gasteiger partial charge >= 0.3 is 26.2 Å². The van der Waals surface area contributed by atoms with E-state index in [2.05, 4.69) is 111 Å². The van der Waals surface area contributed by atoms with E-state index in [0.29, 0.717) is 0 Å². The van der Waals surface area contributed by atoms with Crippen molar-refractivity contribution in [2.45, 2.75) is 26.1 Å². The molecule has 1 aliphatic rings. The zero-order chi connectivity index (χ0) is 21.9. The number of allylic oxidation sites excluding steroid dienone is 1. The summed E-state index contributed by atoms with van der Waals surface area (Å²) in [5, 5.41) is 12.7. The Morgan fingerprint density at radius 1 is 0.800 bits per heavy atom. The molecule has 0 bridgehead atoms. The molecular weight excluding hydrogens is 579 g/mol. The van der Waals surface area contributed by atoms with Crippen LogP contribution in [-0.4, -0.2) is 22.4 Å². The predicted molar refractivity (Wildman–Crippen MR) is 144 cm³/mol. The quantitative estimate of drug-likeness (QED) is 0.211. The Morgan fingerprint density at radius 3 is 2.14 bits per heavy atom. The van der Waals surface area contributed by atoms with Crippen LogP contribution in [0, 0.1) is 6.08 Å². The first-order chi connectivity index (χ1) is 15.6. The molecule has 6 rings (SSSR count). The number of hydrogen-bond acceptors (Lipinski definition) is 0. The van der Waals surface area contributed by atoms with Crippen LogP contribution in [0.5, 0.6) is 0 Å². The largest absolute Gasteiger partial charge is 4.00 e. The first-order valence-corrected chi connectivity index (χ1v) is 15.6. The number of benzene rings is 4. The second kappa shape index (κ2) is 10.9. The number of fused-ring (bicyclic) bond motifs is 6. The molecule has 5 aromatic rings. The van der Waals surface area contributed by atoms with Crippen molar-refractivity contribution in [2.75, 3.05) is 0 Å².